The fourth-order valence-corrected chi connectivity index (χ4v) is 6.75. The van der Waals surface area contributed by atoms with Crippen LogP contribution in [0.15, 0.2) is 146 Å². The molecule has 0 saturated heterocycles. The molecule has 0 fully saturated rings. The molecule has 0 N–H and O–H groups in total. The molecule has 0 spiro atoms. The Morgan fingerprint density at radius 3 is 1.33 bits per heavy atom. The fourth-order valence-electron chi connectivity index (χ4n) is 6.55. The van der Waals surface area contributed by atoms with Crippen LogP contribution in [0.1, 0.15) is 57.6 Å². The molecule has 8 aromatic carbocycles. The predicted molar refractivity (Wildman–Crippen MR) is 233 cm³/mol. The van der Waals surface area contributed by atoms with Crippen LogP contribution < -0.4 is 0 Å². The largest absolute Gasteiger partial charge is 4.00 e. The Morgan fingerprint density at radius 2 is 0.962 bits per heavy atom. The summed E-state index contributed by atoms with van der Waals surface area (Å²) >= 11 is 0. The molecule has 0 atom stereocenters. The zero-order chi connectivity index (χ0) is 36.2. The van der Waals surface area contributed by atoms with Crippen molar-refractivity contribution in [2.45, 2.75) is 60.3 Å². The Hall–Kier alpha value is -3.97. The van der Waals surface area contributed by atoms with Gasteiger partial charge in [0.15, 0.2) is 0 Å². The molecular weight excluding hydrogens is 720 g/mol. The first-order valence-electron chi connectivity index (χ1n) is 18.3. The molecule has 0 aromatic heterocycles. The van der Waals surface area contributed by atoms with Crippen molar-refractivity contribution in [2.75, 3.05) is 0 Å². The number of rotatable bonds is 6. The summed E-state index contributed by atoms with van der Waals surface area (Å²) in [7, 11) is 1.99. The second kappa shape index (κ2) is 20.3. The number of benzene rings is 6. The van der Waals surface area contributed by atoms with Crippen molar-refractivity contribution in [1.82, 2.24) is 0 Å². The van der Waals surface area contributed by atoms with Gasteiger partial charge in [-0.15, -0.1) is 74.2 Å². The van der Waals surface area contributed by atoms with Crippen LogP contribution in [0.5, 0.6) is 0 Å². The smallest absolute Gasteiger partial charge is 0.343 e. The van der Waals surface area contributed by atoms with E-state index in [4.69, 9.17) is 0 Å². The second-order valence-electron chi connectivity index (χ2n) is 13.5. The Bertz CT molecular complexity index is 2170. The summed E-state index contributed by atoms with van der Waals surface area (Å²) in [5.74, 6) is 0. The molecule has 8 rings (SSSR count). The van der Waals surface area contributed by atoms with Crippen molar-refractivity contribution >= 4 is 58.1 Å². The third kappa shape index (κ3) is 10.3. The molecule has 0 amide bonds. The van der Waals surface area contributed by atoms with E-state index >= 15 is 0 Å². The van der Waals surface area contributed by atoms with Gasteiger partial charge in [-0.2, -0.15) is 31.9 Å². The first-order valence-corrected chi connectivity index (χ1v) is 19.0. The van der Waals surface area contributed by atoms with Crippen LogP contribution in [-0.2, 0) is 26.2 Å². The minimum absolute atomic E-state index is 0. The fraction of sp³-hybridized carbons (Fsp3) is 0.180. The van der Waals surface area contributed by atoms with Crippen LogP contribution in [-0.4, -0.2) is 15.0 Å². The zero-order valence-electron chi connectivity index (χ0n) is 31.7. The molecule has 0 saturated carbocycles. The van der Waals surface area contributed by atoms with Gasteiger partial charge in [-0.25, -0.2) is 0 Å². The van der Waals surface area contributed by atoms with E-state index in [0.717, 1.165) is 6.42 Å². The quantitative estimate of drug-likeness (QED) is 0.117. The average molecular weight is 772 g/mol. The summed E-state index contributed by atoms with van der Waals surface area (Å²) in [4.78, 5) is 0. The summed E-state index contributed by atoms with van der Waals surface area (Å²) in [5, 5.41) is 12.1. The summed E-state index contributed by atoms with van der Waals surface area (Å²) in [6.45, 7) is 14.3. The summed E-state index contributed by atoms with van der Waals surface area (Å²) in [5.41, 5.74) is 7.94. The van der Waals surface area contributed by atoms with Crippen molar-refractivity contribution in [3.8, 4) is 22.3 Å². The maximum atomic E-state index is 3.60. The van der Waals surface area contributed by atoms with E-state index in [1.54, 1.807) is 5.17 Å². The van der Waals surface area contributed by atoms with E-state index in [1.165, 1.54) is 95.7 Å². The maximum absolute atomic E-state index is 3.60. The molecule has 52 heavy (non-hydrogen) atoms. The van der Waals surface area contributed by atoms with Gasteiger partial charge in [0.25, 0.3) is 0 Å². The summed E-state index contributed by atoms with van der Waals surface area (Å²) in [6.07, 6.45) is 7.00. The third-order valence-corrected chi connectivity index (χ3v) is 9.52. The number of fused-ring (bicyclic) bond motifs is 4. The van der Waals surface area contributed by atoms with Gasteiger partial charge < -0.3 is 13.3 Å². The van der Waals surface area contributed by atoms with E-state index in [1.807, 2.05) is 9.85 Å². The van der Waals surface area contributed by atoms with Crippen LogP contribution in [0.25, 0.3) is 65.3 Å². The first kappa shape index (κ1) is 40.8. The molecule has 0 aliphatic heterocycles. The Kier molecular flexibility index (Phi) is 15.9. The molecular formula is C50H52SiZr. The van der Waals surface area contributed by atoms with Crippen LogP contribution >= 0.6 is 0 Å². The van der Waals surface area contributed by atoms with Gasteiger partial charge in [0.1, 0.15) is 0 Å². The van der Waals surface area contributed by atoms with Crippen LogP contribution in [0.4, 0.5) is 0 Å². The van der Waals surface area contributed by atoms with Crippen molar-refractivity contribution in [3.63, 3.8) is 0 Å². The normalized spacial score (nSPS) is 10.4. The molecule has 0 aliphatic rings. The van der Waals surface area contributed by atoms with Gasteiger partial charge in [0.05, 0.1) is 0 Å². The third-order valence-electron chi connectivity index (χ3n) is 9.16. The molecule has 2 heteroatoms. The molecule has 8 aromatic rings. The van der Waals surface area contributed by atoms with E-state index in [2.05, 4.69) is 194 Å². The Morgan fingerprint density at radius 1 is 0.596 bits per heavy atom. The van der Waals surface area contributed by atoms with Gasteiger partial charge in [-0.3, -0.25) is 0 Å². The van der Waals surface area contributed by atoms with Crippen LogP contribution in [0, 0.1) is 27.2 Å². The monoisotopic (exact) mass is 770 g/mol. The number of unbranched alkanes of at least 4 members (excludes halogenated alkanes) is 2. The van der Waals surface area contributed by atoms with Gasteiger partial charge in [-0.05, 0) is 49.5 Å². The molecule has 0 nitrogen and oxygen atoms in total. The maximum Gasteiger partial charge on any atom is 4.00 e. The van der Waals surface area contributed by atoms with E-state index < -0.39 is 0 Å². The van der Waals surface area contributed by atoms with Crippen molar-refractivity contribution in [2.24, 2.45) is 0 Å². The number of aryl methyl sites for hydroxylation is 2. The van der Waals surface area contributed by atoms with E-state index in [9.17, 15) is 0 Å². The van der Waals surface area contributed by atoms with Gasteiger partial charge in [-0.1, -0.05) is 142 Å². The van der Waals surface area contributed by atoms with Crippen molar-refractivity contribution < 1.29 is 26.2 Å². The van der Waals surface area contributed by atoms with Gasteiger partial charge in [0, 0.05) is 0 Å². The van der Waals surface area contributed by atoms with Gasteiger partial charge in [0.2, 0.25) is 0 Å². The van der Waals surface area contributed by atoms with E-state index in [-0.39, 0.29) is 26.2 Å². The van der Waals surface area contributed by atoms with Gasteiger partial charge >= 0.3 is 26.2 Å². The first-order chi connectivity index (χ1) is 24.8. The minimum atomic E-state index is 0. The summed E-state index contributed by atoms with van der Waals surface area (Å²) in [6, 6.07) is 52.5. The SMILES string of the molecule is C[CH-]CCC(C)=[SiH2].Cc1cc2c(-c3cccc4ccccc34)cccc2[cH-]1.Cc1cc2c(-c3cccc4ccccc34)cccc2[cH-]1.[CH2-]CCC.[Zr+4]. The standard InChI is InChI=1S/2C20H15.C6H13Si.C4H9.Zr/c2*1-14-12-16-8-5-11-19(20(16)13-14)18-10-4-7-15-6-2-3-9-17(15)18;1-3-4-5-6(2)7;1-3-4-2;/h2*2-13H,1H3;3H,4-5,7H2,1-2H3;1,3-4H2,2H3;/q4*-1;+4. The molecule has 260 valence electrons. The number of hydrogen-bond acceptors (Lipinski definition) is 0. The minimum Gasteiger partial charge on any atom is -0.343 e. The van der Waals surface area contributed by atoms with Crippen LogP contribution in [0.2, 0.25) is 0 Å². The average Bonchev–Trinajstić information content (AvgIpc) is 3.75. The Labute approximate surface area is 334 Å². The molecule has 0 bridgehead atoms. The Balaban J connectivity index is 0.000000180. The predicted octanol–water partition coefficient (Wildman–Crippen LogP) is 13.8. The van der Waals surface area contributed by atoms with E-state index in [0.29, 0.717) is 0 Å². The summed E-state index contributed by atoms with van der Waals surface area (Å²) < 4.78 is 0. The van der Waals surface area contributed by atoms with Crippen molar-refractivity contribution in [3.05, 3.63) is 170 Å². The molecule has 0 unspecified atom stereocenters. The molecule has 0 aliphatic carbocycles. The molecule has 0 heterocycles. The van der Waals surface area contributed by atoms with Crippen molar-refractivity contribution in [1.29, 1.82) is 0 Å². The second-order valence-corrected chi connectivity index (χ2v) is 14.7. The topological polar surface area (TPSA) is 0 Å². The zero-order valence-corrected chi connectivity index (χ0v) is 35.5. The number of hydrogen-bond donors (Lipinski definition) is 0. The molecule has 0 radical (unpaired) electrons. The van der Waals surface area contributed by atoms with Crippen LogP contribution in [0.3, 0.4) is 0 Å².